The minimum Gasteiger partial charge on any atom is -0.345 e. The number of alkyl halides is 3. The summed E-state index contributed by atoms with van der Waals surface area (Å²) in [6.07, 6.45) is 0.389. The molecule has 2 N–H and O–H groups in total. The Hall–Kier alpha value is -3.51. The van der Waals surface area contributed by atoms with Crippen molar-refractivity contribution >= 4 is 17.5 Å². The summed E-state index contributed by atoms with van der Waals surface area (Å²) in [5.74, 6) is -1.60. The molecule has 2 unspecified atom stereocenters. The number of imidazole rings is 1. The second-order valence-electron chi connectivity index (χ2n) is 8.09. The van der Waals surface area contributed by atoms with Gasteiger partial charge in [-0.2, -0.15) is 18.3 Å². The number of aromatic nitrogens is 5. The van der Waals surface area contributed by atoms with Crippen LogP contribution in [0.5, 0.6) is 0 Å². The molecule has 3 aromatic heterocycles. The molecule has 32 heavy (non-hydrogen) atoms. The molecule has 3 aromatic rings. The molecule has 1 aliphatic heterocycles. The summed E-state index contributed by atoms with van der Waals surface area (Å²) in [6, 6.07) is -0.155. The van der Waals surface area contributed by atoms with Gasteiger partial charge in [-0.25, -0.2) is 14.1 Å². The van der Waals surface area contributed by atoms with Crippen LogP contribution in [0.25, 0.3) is 5.65 Å². The number of hydrogen-bond acceptors (Lipinski definition) is 7. The highest BCUT2D eigenvalue weighted by molar-refractivity contribution is 5.93. The molecular formula is C19H18F3N7O3. The van der Waals surface area contributed by atoms with Gasteiger partial charge in [-0.15, -0.1) is 0 Å². The third-order valence-electron chi connectivity index (χ3n) is 5.63. The molecular weight excluding hydrogens is 431 g/mol. The largest absolute Gasteiger partial charge is 0.408 e. The predicted molar refractivity (Wildman–Crippen MR) is 100 cm³/mol. The van der Waals surface area contributed by atoms with Gasteiger partial charge in [0.2, 0.25) is 5.91 Å². The van der Waals surface area contributed by atoms with E-state index in [9.17, 15) is 22.8 Å². The van der Waals surface area contributed by atoms with Gasteiger partial charge in [0.15, 0.2) is 11.3 Å². The smallest absolute Gasteiger partial charge is 0.345 e. The summed E-state index contributed by atoms with van der Waals surface area (Å²) in [7, 11) is 0. The van der Waals surface area contributed by atoms with Crippen LogP contribution in [0.1, 0.15) is 52.6 Å². The second kappa shape index (κ2) is 7.57. The lowest BCUT2D eigenvalue weighted by Gasteiger charge is -2.13. The first-order valence-electron chi connectivity index (χ1n) is 10.1. The molecule has 2 aliphatic rings. The lowest BCUT2D eigenvalue weighted by Crippen LogP contribution is -2.38. The Labute approximate surface area is 178 Å². The average Bonchev–Trinajstić information content (AvgIpc) is 3.15. The lowest BCUT2D eigenvalue weighted by molar-refractivity contribution is -0.154. The van der Waals surface area contributed by atoms with Gasteiger partial charge in [-0.1, -0.05) is 5.16 Å². The Bertz CT molecular complexity index is 1180. The van der Waals surface area contributed by atoms with Crippen molar-refractivity contribution in [2.24, 2.45) is 5.92 Å². The van der Waals surface area contributed by atoms with Gasteiger partial charge in [0.05, 0.1) is 24.6 Å². The summed E-state index contributed by atoms with van der Waals surface area (Å²) in [5.41, 5.74) is 2.32. The van der Waals surface area contributed by atoms with Gasteiger partial charge in [0.1, 0.15) is 11.7 Å². The zero-order valence-corrected chi connectivity index (χ0v) is 16.6. The van der Waals surface area contributed by atoms with Crippen LogP contribution in [0.3, 0.4) is 0 Å². The van der Waals surface area contributed by atoms with E-state index in [2.05, 4.69) is 30.3 Å². The van der Waals surface area contributed by atoms with Gasteiger partial charge in [0, 0.05) is 11.8 Å². The number of fused-ring (bicyclic) bond motifs is 1. The Balaban J connectivity index is 1.24. The fraction of sp³-hybridized carbons (Fsp3) is 0.474. The molecule has 13 heteroatoms. The topological polar surface area (TPSA) is 127 Å². The first kappa shape index (κ1) is 20.4. The number of hydrogen-bond donors (Lipinski definition) is 2. The SMILES string of the molecule is O=C(NCc1cn2ncc(CC3CC(C(F)(F)F)NC3=O)cc2n1)c1nonc1C1CC1. The van der Waals surface area contributed by atoms with E-state index in [1.807, 2.05) is 5.32 Å². The van der Waals surface area contributed by atoms with Crippen molar-refractivity contribution in [2.45, 2.75) is 50.4 Å². The van der Waals surface area contributed by atoms with Gasteiger partial charge < -0.3 is 10.6 Å². The van der Waals surface area contributed by atoms with Gasteiger partial charge >= 0.3 is 6.18 Å². The Morgan fingerprint density at radius 3 is 2.84 bits per heavy atom. The van der Waals surface area contributed by atoms with Gasteiger partial charge in [-0.05, 0) is 42.5 Å². The number of carbonyl (C=O) groups is 2. The van der Waals surface area contributed by atoms with E-state index in [1.54, 1.807) is 12.3 Å². The summed E-state index contributed by atoms with van der Waals surface area (Å²) in [4.78, 5) is 28.7. The molecule has 0 aromatic carbocycles. The third kappa shape index (κ3) is 4.01. The monoisotopic (exact) mass is 449 g/mol. The summed E-state index contributed by atoms with van der Waals surface area (Å²) in [6.45, 7) is 0.118. The first-order chi connectivity index (χ1) is 15.3. The quantitative estimate of drug-likeness (QED) is 0.584. The second-order valence-corrected chi connectivity index (χ2v) is 8.09. The zero-order chi connectivity index (χ0) is 22.5. The van der Waals surface area contributed by atoms with Crippen molar-refractivity contribution in [3.05, 3.63) is 41.1 Å². The summed E-state index contributed by atoms with van der Waals surface area (Å²) >= 11 is 0. The standard InChI is InChI=1S/C19H18F3N7O3/c20-19(21,22)13-5-11(17(30)26-13)3-9-4-14-25-12(8-29(14)24-6-9)7-23-18(31)16-15(10-1-2-10)27-32-28-16/h4,6,8,10-11,13H,1-3,5,7H2,(H,23,31)(H,26,30). The van der Waals surface area contributed by atoms with Crippen molar-refractivity contribution in [3.8, 4) is 0 Å². The van der Waals surface area contributed by atoms with E-state index in [4.69, 9.17) is 0 Å². The number of nitrogens with one attached hydrogen (secondary N) is 2. The van der Waals surface area contributed by atoms with E-state index in [-0.39, 0.29) is 31.0 Å². The number of rotatable bonds is 6. The van der Waals surface area contributed by atoms with E-state index in [0.717, 1.165) is 12.8 Å². The summed E-state index contributed by atoms with van der Waals surface area (Å²) in [5, 5.41) is 16.4. The minimum absolute atomic E-state index is 0.118. The van der Waals surface area contributed by atoms with Gasteiger partial charge in [0.25, 0.3) is 5.91 Å². The normalized spacial score (nSPS) is 21.2. The first-order valence-corrected chi connectivity index (χ1v) is 10.1. The van der Waals surface area contributed by atoms with E-state index in [1.165, 1.54) is 10.7 Å². The molecule has 1 saturated carbocycles. The van der Waals surface area contributed by atoms with Gasteiger partial charge in [-0.3, -0.25) is 9.59 Å². The molecule has 2 atom stereocenters. The Kier molecular flexibility index (Phi) is 4.82. The highest BCUT2D eigenvalue weighted by Crippen LogP contribution is 2.40. The van der Waals surface area contributed by atoms with Crippen molar-refractivity contribution in [1.82, 2.24) is 35.5 Å². The van der Waals surface area contributed by atoms with Crippen LogP contribution in [-0.4, -0.2) is 48.9 Å². The molecule has 0 radical (unpaired) electrons. The van der Waals surface area contributed by atoms with Crippen molar-refractivity contribution in [2.75, 3.05) is 0 Å². The molecule has 1 aliphatic carbocycles. The maximum Gasteiger partial charge on any atom is 0.408 e. The fourth-order valence-corrected chi connectivity index (χ4v) is 3.81. The number of halogens is 3. The molecule has 2 amide bonds. The molecule has 2 fully saturated rings. The number of amides is 2. The van der Waals surface area contributed by atoms with Crippen LogP contribution in [0.15, 0.2) is 23.1 Å². The van der Waals surface area contributed by atoms with Crippen LogP contribution in [-0.2, 0) is 17.8 Å². The zero-order valence-electron chi connectivity index (χ0n) is 16.6. The number of carbonyl (C=O) groups excluding carboxylic acids is 2. The maximum atomic E-state index is 12.9. The Morgan fingerprint density at radius 2 is 2.12 bits per heavy atom. The van der Waals surface area contributed by atoms with E-state index in [0.29, 0.717) is 22.6 Å². The predicted octanol–water partition coefficient (Wildman–Crippen LogP) is 1.53. The van der Waals surface area contributed by atoms with Crippen LogP contribution in [0.2, 0.25) is 0 Å². The molecule has 168 valence electrons. The molecule has 0 bridgehead atoms. The van der Waals surface area contributed by atoms with Crippen molar-refractivity contribution < 1.29 is 27.4 Å². The molecule has 0 spiro atoms. The molecule has 10 nitrogen and oxygen atoms in total. The fourth-order valence-electron chi connectivity index (χ4n) is 3.81. The lowest BCUT2D eigenvalue weighted by atomic mass is 9.97. The van der Waals surface area contributed by atoms with E-state index < -0.39 is 30.0 Å². The molecule has 5 rings (SSSR count). The van der Waals surface area contributed by atoms with Crippen LogP contribution in [0.4, 0.5) is 13.2 Å². The molecule has 4 heterocycles. The maximum absolute atomic E-state index is 12.9. The highest BCUT2D eigenvalue weighted by atomic mass is 19.4. The van der Waals surface area contributed by atoms with E-state index >= 15 is 0 Å². The minimum atomic E-state index is -4.46. The number of nitrogens with zero attached hydrogens (tertiary/aromatic N) is 5. The Morgan fingerprint density at radius 1 is 1.31 bits per heavy atom. The van der Waals surface area contributed by atoms with Crippen molar-refractivity contribution in [3.63, 3.8) is 0 Å². The average molecular weight is 449 g/mol. The van der Waals surface area contributed by atoms with Crippen molar-refractivity contribution in [1.29, 1.82) is 0 Å². The highest BCUT2D eigenvalue weighted by Gasteiger charge is 2.47. The van der Waals surface area contributed by atoms with Crippen LogP contribution < -0.4 is 10.6 Å². The van der Waals surface area contributed by atoms with Crippen LogP contribution >= 0.6 is 0 Å². The van der Waals surface area contributed by atoms with Crippen LogP contribution in [0, 0.1) is 5.92 Å². The summed E-state index contributed by atoms with van der Waals surface area (Å²) < 4.78 is 44.8. The third-order valence-corrected chi connectivity index (χ3v) is 5.63. The molecule has 1 saturated heterocycles.